The fourth-order valence-corrected chi connectivity index (χ4v) is 5.77. The average molecular weight is 661 g/mol. The largest absolute Gasteiger partial charge is 0.468 e. The Hall–Kier alpha value is -6.18. The zero-order chi connectivity index (χ0) is 33.7. The molecule has 0 aliphatic carbocycles. The van der Waals surface area contributed by atoms with Crippen LogP contribution in [-0.4, -0.2) is 59.4 Å². The van der Waals surface area contributed by atoms with Crippen molar-refractivity contribution in [1.82, 2.24) is 39.0 Å². The second-order valence-electron chi connectivity index (χ2n) is 11.6. The summed E-state index contributed by atoms with van der Waals surface area (Å²) in [5, 5.41) is 0. The molecule has 14 nitrogen and oxygen atoms in total. The van der Waals surface area contributed by atoms with E-state index in [-0.39, 0.29) is 29.3 Å². The highest BCUT2D eigenvalue weighted by Gasteiger charge is 2.19. The van der Waals surface area contributed by atoms with E-state index in [0.29, 0.717) is 54.6 Å². The maximum atomic E-state index is 12.3. The maximum absolute atomic E-state index is 12.3. The highest BCUT2D eigenvalue weighted by atomic mass is 16.5. The number of aromatic nitrogens is 8. The molecule has 14 heteroatoms. The molecule has 8 rings (SSSR count). The molecule has 0 radical (unpaired) electrons. The fourth-order valence-electron chi connectivity index (χ4n) is 5.77. The molecule has 0 amide bonds. The van der Waals surface area contributed by atoms with Crippen LogP contribution in [0, 0.1) is 0 Å². The van der Waals surface area contributed by atoms with Crippen molar-refractivity contribution in [2.24, 2.45) is 0 Å². The van der Waals surface area contributed by atoms with E-state index in [2.05, 4.69) is 90.6 Å². The lowest BCUT2D eigenvalue weighted by molar-refractivity contribution is 0.300. The molecule has 2 aliphatic rings. The molecule has 0 spiro atoms. The standard InChI is InChI=1S/C18H19N5O2.C17H17N5O2/c1-24-18-20-14-15(19)21-17-22-16(14)23(18)11-13-8-5-7-12(10-13)6-3-2-4-9-25-17;18-14-13-15-21-16(20-14)24-8-3-1-2-5-11-6-4-7-12(9-11)10-22(15)17(23)19-13/h2-3,5,7-8,10H,4,6,9,11H2,1H3,(H2,19,21,22);1-2,4,6-7,9H,3,5,8,10H2,(H,19,23)(H2,18,20,21)/b3-2-;2-1-. The Labute approximate surface area is 281 Å². The maximum Gasteiger partial charge on any atom is 0.328 e. The second kappa shape index (κ2) is 13.9. The van der Waals surface area contributed by atoms with Gasteiger partial charge in [0.05, 0.1) is 33.4 Å². The predicted molar refractivity (Wildman–Crippen MR) is 186 cm³/mol. The van der Waals surface area contributed by atoms with Crippen LogP contribution < -0.4 is 31.4 Å². The number of hydrogen-bond donors (Lipinski definition) is 3. The topological polar surface area (TPSA) is 187 Å². The number of rotatable bonds is 1. The molecule has 0 saturated heterocycles. The van der Waals surface area contributed by atoms with E-state index in [1.54, 1.807) is 11.7 Å². The minimum atomic E-state index is -0.263. The molecule has 0 fully saturated rings. The van der Waals surface area contributed by atoms with Crippen molar-refractivity contribution in [3.8, 4) is 18.0 Å². The third kappa shape index (κ3) is 6.93. The van der Waals surface area contributed by atoms with Crippen LogP contribution in [0.4, 0.5) is 11.6 Å². The molecule has 8 bridgehead atoms. The first-order chi connectivity index (χ1) is 23.9. The van der Waals surface area contributed by atoms with Gasteiger partial charge in [-0.15, -0.1) is 0 Å². The molecule has 6 aromatic rings. The van der Waals surface area contributed by atoms with Crippen molar-refractivity contribution < 1.29 is 14.2 Å². The zero-order valence-electron chi connectivity index (χ0n) is 27.0. The number of benzene rings is 2. The van der Waals surface area contributed by atoms with Crippen molar-refractivity contribution in [1.29, 1.82) is 0 Å². The molecule has 6 heterocycles. The van der Waals surface area contributed by atoms with Gasteiger partial charge in [-0.25, -0.2) is 4.79 Å². The van der Waals surface area contributed by atoms with E-state index < -0.39 is 0 Å². The Balaban J connectivity index is 0.000000154. The number of nitrogen functional groups attached to an aromatic ring is 2. The van der Waals surface area contributed by atoms with Gasteiger partial charge in [0.25, 0.3) is 6.01 Å². The Kier molecular flexibility index (Phi) is 8.91. The number of methoxy groups -OCH3 is 1. The molecule has 0 unspecified atom stereocenters. The summed E-state index contributed by atoms with van der Waals surface area (Å²) in [4.78, 5) is 36.6. The number of H-pyrrole nitrogens is 1. The van der Waals surface area contributed by atoms with Gasteiger partial charge in [-0.05, 0) is 47.9 Å². The summed E-state index contributed by atoms with van der Waals surface area (Å²) >= 11 is 0. The number of allylic oxidation sites excluding steroid dienone is 2. The quantitative estimate of drug-likeness (QED) is 0.217. The highest BCUT2D eigenvalue weighted by Crippen LogP contribution is 2.27. The van der Waals surface area contributed by atoms with Gasteiger partial charge in [0.15, 0.2) is 28.4 Å². The van der Waals surface area contributed by atoms with Crippen LogP contribution in [0.15, 0.2) is 77.6 Å². The first-order valence-electron chi connectivity index (χ1n) is 16.0. The number of anilines is 2. The average Bonchev–Trinajstić information content (AvgIpc) is 3.61. The number of nitrogens with zero attached hydrogens (tertiary/aromatic N) is 7. The summed E-state index contributed by atoms with van der Waals surface area (Å²) < 4.78 is 20.1. The summed E-state index contributed by atoms with van der Waals surface area (Å²) in [5.41, 5.74) is 18.4. The third-order valence-electron chi connectivity index (χ3n) is 8.11. The number of aromatic amines is 1. The zero-order valence-corrected chi connectivity index (χ0v) is 27.0. The van der Waals surface area contributed by atoms with Gasteiger partial charge in [0.1, 0.15) is 5.52 Å². The number of nitrogens with two attached hydrogens (primary N) is 2. The lowest BCUT2D eigenvalue weighted by Gasteiger charge is -2.10. The summed E-state index contributed by atoms with van der Waals surface area (Å²) in [6, 6.07) is 17.5. The van der Waals surface area contributed by atoms with Crippen LogP contribution in [0.5, 0.6) is 18.0 Å². The van der Waals surface area contributed by atoms with E-state index in [1.807, 2.05) is 16.7 Å². The van der Waals surface area contributed by atoms with Gasteiger partial charge in [-0.1, -0.05) is 72.8 Å². The number of hydrogen-bond acceptors (Lipinski definition) is 11. The van der Waals surface area contributed by atoms with Crippen molar-refractivity contribution >= 4 is 34.0 Å². The van der Waals surface area contributed by atoms with Crippen LogP contribution in [0.25, 0.3) is 22.3 Å². The van der Waals surface area contributed by atoms with Crippen LogP contribution in [-0.2, 0) is 25.9 Å². The highest BCUT2D eigenvalue weighted by molar-refractivity contribution is 5.83. The first-order valence-corrected chi connectivity index (χ1v) is 16.0. The monoisotopic (exact) mass is 660 g/mol. The number of ether oxygens (including phenoxy) is 3. The number of fused-ring (bicyclic) bond motifs is 6. The van der Waals surface area contributed by atoms with Crippen LogP contribution in [0.1, 0.15) is 35.1 Å². The SMILES string of the molecule is COc1nc2c(N)nc3nc2n1Cc1cccc(c1)C/C=C\CCO3.Nc1nc2nc3c1[nH]c(=O)n3Cc1cccc(c1)C/C=C\CCO2. The van der Waals surface area contributed by atoms with Crippen molar-refractivity contribution in [3.63, 3.8) is 0 Å². The van der Waals surface area contributed by atoms with E-state index in [1.165, 1.54) is 11.1 Å². The van der Waals surface area contributed by atoms with E-state index in [4.69, 9.17) is 25.7 Å². The van der Waals surface area contributed by atoms with Gasteiger partial charge >= 0.3 is 17.7 Å². The van der Waals surface area contributed by atoms with E-state index in [9.17, 15) is 4.79 Å². The number of nitrogens with one attached hydrogen (secondary N) is 1. The summed E-state index contributed by atoms with van der Waals surface area (Å²) in [6.45, 7) is 1.93. The molecule has 2 aromatic carbocycles. The van der Waals surface area contributed by atoms with Gasteiger partial charge in [0, 0.05) is 0 Å². The third-order valence-corrected chi connectivity index (χ3v) is 8.11. The molecule has 250 valence electrons. The molecule has 5 N–H and O–H groups in total. The predicted octanol–water partition coefficient (Wildman–Crippen LogP) is 3.98. The Bertz CT molecular complexity index is 2250. The van der Waals surface area contributed by atoms with Gasteiger partial charge in [0.2, 0.25) is 0 Å². The minimum absolute atomic E-state index is 0.187. The molecule has 0 saturated carbocycles. The van der Waals surface area contributed by atoms with Crippen LogP contribution in [0.3, 0.4) is 0 Å². The number of imidazole rings is 2. The van der Waals surface area contributed by atoms with Crippen LogP contribution >= 0.6 is 0 Å². The Morgan fingerprint density at radius 1 is 0.714 bits per heavy atom. The fraction of sp³-hybridized carbons (Fsp3) is 0.257. The lowest BCUT2D eigenvalue weighted by atomic mass is 10.1. The van der Waals surface area contributed by atoms with Crippen molar-refractivity contribution in [2.45, 2.75) is 38.8 Å². The molecular formula is C35H36N10O4. The van der Waals surface area contributed by atoms with Crippen LogP contribution in [0.2, 0.25) is 0 Å². The first kappa shape index (κ1) is 31.4. The molecule has 49 heavy (non-hydrogen) atoms. The van der Waals surface area contributed by atoms with E-state index in [0.717, 1.165) is 36.8 Å². The van der Waals surface area contributed by atoms with Gasteiger partial charge in [-0.2, -0.15) is 24.9 Å². The Morgan fingerprint density at radius 2 is 1.29 bits per heavy atom. The molecular weight excluding hydrogens is 624 g/mol. The molecule has 0 atom stereocenters. The summed E-state index contributed by atoms with van der Waals surface area (Å²) in [7, 11) is 1.58. The second-order valence-corrected chi connectivity index (χ2v) is 11.6. The summed E-state index contributed by atoms with van der Waals surface area (Å²) in [6.07, 6.45) is 11.7. The molecule has 2 aliphatic heterocycles. The normalized spacial score (nSPS) is 15.7. The summed E-state index contributed by atoms with van der Waals surface area (Å²) in [5.74, 6) is 0.496. The van der Waals surface area contributed by atoms with Crippen molar-refractivity contribution in [3.05, 3.63) is 106 Å². The van der Waals surface area contributed by atoms with Crippen molar-refractivity contribution in [2.75, 3.05) is 31.8 Å². The lowest BCUT2D eigenvalue weighted by Crippen LogP contribution is -2.18. The smallest absolute Gasteiger partial charge is 0.328 e. The minimum Gasteiger partial charge on any atom is -0.468 e. The van der Waals surface area contributed by atoms with Gasteiger partial charge < -0.3 is 30.7 Å². The van der Waals surface area contributed by atoms with E-state index >= 15 is 0 Å². The molecule has 4 aromatic heterocycles. The Morgan fingerprint density at radius 3 is 1.92 bits per heavy atom. The van der Waals surface area contributed by atoms with Gasteiger partial charge in [-0.3, -0.25) is 9.13 Å².